The van der Waals surface area contributed by atoms with E-state index in [1.54, 1.807) is 0 Å². The lowest BCUT2D eigenvalue weighted by molar-refractivity contribution is 0.136. The quantitative estimate of drug-likeness (QED) is 0.788. The van der Waals surface area contributed by atoms with Crippen molar-refractivity contribution in [1.82, 2.24) is 19.9 Å². The Kier molecular flexibility index (Phi) is 4.72. The van der Waals surface area contributed by atoms with E-state index in [2.05, 4.69) is 33.9 Å². The van der Waals surface area contributed by atoms with Crippen LogP contribution in [0.15, 0.2) is 4.52 Å². The molecule has 1 aromatic rings. The summed E-state index contributed by atoms with van der Waals surface area (Å²) in [5.41, 5.74) is 0. The second-order valence-electron chi connectivity index (χ2n) is 5.48. The summed E-state index contributed by atoms with van der Waals surface area (Å²) in [6.45, 7) is 10.1. The van der Waals surface area contributed by atoms with Gasteiger partial charge in [-0.2, -0.15) is 4.98 Å². The van der Waals surface area contributed by atoms with Gasteiger partial charge in [0.25, 0.3) is 0 Å². The molecular weight excluding hydrogens is 228 g/mol. The summed E-state index contributed by atoms with van der Waals surface area (Å²) in [5.74, 6) is 2.19. The van der Waals surface area contributed by atoms with Crippen LogP contribution in [0.2, 0.25) is 0 Å². The summed E-state index contributed by atoms with van der Waals surface area (Å²) < 4.78 is 5.14. The van der Waals surface area contributed by atoms with Crippen molar-refractivity contribution in [2.45, 2.75) is 26.7 Å². The van der Waals surface area contributed by atoms with Gasteiger partial charge in [-0.1, -0.05) is 12.1 Å². The van der Waals surface area contributed by atoms with Crippen molar-refractivity contribution < 1.29 is 4.52 Å². The molecule has 0 N–H and O–H groups in total. The van der Waals surface area contributed by atoms with Gasteiger partial charge in [-0.3, -0.25) is 0 Å². The average Bonchev–Trinajstić information content (AvgIpc) is 2.76. The smallest absolute Gasteiger partial charge is 0.226 e. The molecule has 1 saturated heterocycles. The predicted octanol–water partition coefficient (Wildman–Crippen LogP) is 1.19. The number of aryl methyl sites for hydroxylation is 2. The normalized spacial score (nSPS) is 20.2. The van der Waals surface area contributed by atoms with E-state index < -0.39 is 0 Å². The molecule has 102 valence electrons. The Hall–Kier alpha value is -0.940. The van der Waals surface area contributed by atoms with Gasteiger partial charge in [-0.25, -0.2) is 0 Å². The Labute approximate surface area is 109 Å². The predicted molar refractivity (Wildman–Crippen MR) is 70.5 cm³/mol. The van der Waals surface area contributed by atoms with Crippen molar-refractivity contribution in [2.24, 2.45) is 5.92 Å². The van der Waals surface area contributed by atoms with Crippen LogP contribution >= 0.6 is 0 Å². The number of nitrogens with zero attached hydrogens (tertiary/aromatic N) is 4. The number of likely N-dealkylation sites (N-methyl/N-ethyl adjacent to an activating group) is 1. The topological polar surface area (TPSA) is 45.4 Å². The highest BCUT2D eigenvalue weighted by atomic mass is 16.5. The number of rotatable bonds is 5. The van der Waals surface area contributed by atoms with E-state index >= 15 is 0 Å². The molecule has 1 aliphatic heterocycles. The third-order valence-electron chi connectivity index (χ3n) is 3.59. The Bertz CT molecular complexity index is 358. The van der Waals surface area contributed by atoms with Crippen LogP contribution in [0.5, 0.6) is 0 Å². The van der Waals surface area contributed by atoms with Crippen molar-refractivity contribution in [1.29, 1.82) is 0 Å². The van der Waals surface area contributed by atoms with Crippen LogP contribution in [0.25, 0.3) is 0 Å². The number of hydrogen-bond acceptors (Lipinski definition) is 5. The van der Waals surface area contributed by atoms with E-state index in [0.29, 0.717) is 5.92 Å². The van der Waals surface area contributed by atoms with E-state index in [0.717, 1.165) is 24.6 Å². The van der Waals surface area contributed by atoms with Gasteiger partial charge in [-0.15, -0.1) is 0 Å². The van der Waals surface area contributed by atoms with Crippen molar-refractivity contribution >= 4 is 0 Å². The maximum atomic E-state index is 5.14. The number of hydrogen-bond donors (Lipinski definition) is 0. The summed E-state index contributed by atoms with van der Waals surface area (Å²) >= 11 is 0. The van der Waals surface area contributed by atoms with Gasteiger partial charge in [0.1, 0.15) is 0 Å². The minimum Gasteiger partial charge on any atom is -0.339 e. The van der Waals surface area contributed by atoms with Crippen molar-refractivity contribution in [3.63, 3.8) is 0 Å². The Morgan fingerprint density at radius 1 is 1.28 bits per heavy atom. The van der Waals surface area contributed by atoms with E-state index in [9.17, 15) is 0 Å². The first-order valence-electron chi connectivity index (χ1n) is 6.83. The third kappa shape index (κ3) is 4.07. The monoisotopic (exact) mass is 252 g/mol. The highest BCUT2D eigenvalue weighted by Gasteiger charge is 2.16. The van der Waals surface area contributed by atoms with Crippen molar-refractivity contribution in [2.75, 3.05) is 39.8 Å². The summed E-state index contributed by atoms with van der Waals surface area (Å²) in [6.07, 6.45) is 2.02. The van der Waals surface area contributed by atoms with Crippen LogP contribution in [0.1, 0.15) is 25.1 Å². The van der Waals surface area contributed by atoms with Gasteiger partial charge in [0.2, 0.25) is 5.89 Å². The molecule has 1 aliphatic rings. The zero-order valence-corrected chi connectivity index (χ0v) is 11.7. The summed E-state index contributed by atoms with van der Waals surface area (Å²) in [6, 6.07) is 0. The highest BCUT2D eigenvalue weighted by Crippen LogP contribution is 2.11. The SMILES string of the molecule is Cc1noc(CCC(C)CN2CCN(C)CC2)n1. The zero-order chi connectivity index (χ0) is 13.0. The zero-order valence-electron chi connectivity index (χ0n) is 11.7. The molecule has 0 saturated carbocycles. The molecule has 0 bridgehead atoms. The van der Waals surface area contributed by atoms with E-state index in [1.807, 2.05) is 6.92 Å². The molecule has 1 aromatic heterocycles. The molecule has 5 nitrogen and oxygen atoms in total. The molecule has 0 radical (unpaired) electrons. The van der Waals surface area contributed by atoms with Crippen LogP contribution in [-0.2, 0) is 6.42 Å². The first-order chi connectivity index (χ1) is 8.63. The minimum absolute atomic E-state index is 0.681. The largest absolute Gasteiger partial charge is 0.339 e. The standard InChI is InChI=1S/C13H24N4O/c1-11(4-5-13-14-12(2)15-18-13)10-17-8-6-16(3)7-9-17/h11H,4-10H2,1-3H3. The molecule has 1 unspecified atom stereocenters. The molecule has 0 amide bonds. The minimum atomic E-state index is 0.681. The summed E-state index contributed by atoms with van der Waals surface area (Å²) in [4.78, 5) is 9.19. The Morgan fingerprint density at radius 2 is 2.00 bits per heavy atom. The molecule has 5 heteroatoms. The molecule has 0 aromatic carbocycles. The van der Waals surface area contributed by atoms with Crippen LogP contribution in [-0.4, -0.2) is 59.7 Å². The Balaban J connectivity index is 1.67. The van der Waals surface area contributed by atoms with Gasteiger partial charge >= 0.3 is 0 Å². The maximum absolute atomic E-state index is 5.14. The molecule has 1 atom stereocenters. The van der Waals surface area contributed by atoms with E-state index in [4.69, 9.17) is 4.52 Å². The molecule has 18 heavy (non-hydrogen) atoms. The summed E-state index contributed by atoms with van der Waals surface area (Å²) in [7, 11) is 2.19. The van der Waals surface area contributed by atoms with E-state index in [-0.39, 0.29) is 0 Å². The molecule has 0 spiro atoms. The molecule has 2 heterocycles. The van der Waals surface area contributed by atoms with Crippen LogP contribution < -0.4 is 0 Å². The lowest BCUT2D eigenvalue weighted by atomic mass is 10.0. The second-order valence-corrected chi connectivity index (χ2v) is 5.48. The van der Waals surface area contributed by atoms with Gasteiger partial charge in [-0.05, 0) is 26.3 Å². The summed E-state index contributed by atoms with van der Waals surface area (Å²) in [5, 5.41) is 3.82. The fourth-order valence-electron chi connectivity index (χ4n) is 2.37. The fourth-order valence-corrected chi connectivity index (χ4v) is 2.37. The third-order valence-corrected chi connectivity index (χ3v) is 3.59. The molecule has 0 aliphatic carbocycles. The lowest BCUT2D eigenvalue weighted by Crippen LogP contribution is -2.45. The molecule has 2 rings (SSSR count). The lowest BCUT2D eigenvalue weighted by Gasteiger charge is -2.33. The fraction of sp³-hybridized carbons (Fsp3) is 0.846. The van der Waals surface area contributed by atoms with Crippen molar-refractivity contribution in [3.8, 4) is 0 Å². The molecule has 1 fully saturated rings. The van der Waals surface area contributed by atoms with Gasteiger partial charge in [0.05, 0.1) is 0 Å². The van der Waals surface area contributed by atoms with Crippen LogP contribution in [0.3, 0.4) is 0 Å². The second kappa shape index (κ2) is 6.29. The van der Waals surface area contributed by atoms with Gasteiger partial charge < -0.3 is 14.3 Å². The van der Waals surface area contributed by atoms with Gasteiger partial charge in [0, 0.05) is 39.1 Å². The average molecular weight is 252 g/mol. The highest BCUT2D eigenvalue weighted by molar-refractivity contribution is 4.83. The Morgan fingerprint density at radius 3 is 2.61 bits per heavy atom. The first-order valence-corrected chi connectivity index (χ1v) is 6.83. The maximum Gasteiger partial charge on any atom is 0.226 e. The van der Waals surface area contributed by atoms with Crippen LogP contribution in [0.4, 0.5) is 0 Å². The first kappa shape index (κ1) is 13.5. The van der Waals surface area contributed by atoms with Crippen molar-refractivity contribution in [3.05, 3.63) is 11.7 Å². The number of piperazine rings is 1. The molecular formula is C13H24N4O. The number of aromatic nitrogens is 2. The van der Waals surface area contributed by atoms with Gasteiger partial charge in [0.15, 0.2) is 5.82 Å². The van der Waals surface area contributed by atoms with E-state index in [1.165, 1.54) is 32.7 Å². The van der Waals surface area contributed by atoms with Crippen LogP contribution in [0, 0.1) is 12.8 Å².